The number of amides is 1. The molecule has 0 radical (unpaired) electrons. The van der Waals surface area contributed by atoms with Crippen molar-refractivity contribution in [3.8, 4) is 0 Å². The van der Waals surface area contributed by atoms with Crippen molar-refractivity contribution in [2.45, 2.75) is 37.7 Å². The summed E-state index contributed by atoms with van der Waals surface area (Å²) in [5.41, 5.74) is -0.634. The van der Waals surface area contributed by atoms with Crippen LogP contribution < -0.4 is 5.32 Å². The minimum absolute atomic E-state index is 0.127. The van der Waals surface area contributed by atoms with Crippen molar-refractivity contribution in [1.29, 1.82) is 0 Å². The van der Waals surface area contributed by atoms with Gasteiger partial charge in [-0.2, -0.15) is 0 Å². The molecule has 5 nitrogen and oxygen atoms in total. The Hall–Kier alpha value is -0.650. The zero-order valence-corrected chi connectivity index (χ0v) is 12.0. The van der Waals surface area contributed by atoms with E-state index in [4.69, 9.17) is 0 Å². The van der Waals surface area contributed by atoms with Crippen LogP contribution in [-0.2, 0) is 4.79 Å². The summed E-state index contributed by atoms with van der Waals surface area (Å²) in [7, 11) is 1.81. The largest absolute Gasteiger partial charge is 0.388 e. The molecule has 5 heteroatoms. The molecule has 0 spiro atoms. The van der Waals surface area contributed by atoms with Crippen LogP contribution in [0, 0.1) is 0 Å². The average Bonchev–Trinajstić information content (AvgIpc) is 2.64. The standard InChI is InChI=1S/C14H27N3O2/c1-16(12-14(19)5-2-3-6-14)13(18)11-17-9-4-7-15-8-10-17/h15,19H,2-12H2,1H3. The quantitative estimate of drug-likeness (QED) is 0.757. The first kappa shape index (κ1) is 14.8. The maximum Gasteiger partial charge on any atom is 0.236 e. The highest BCUT2D eigenvalue weighted by Crippen LogP contribution is 2.29. The van der Waals surface area contributed by atoms with Gasteiger partial charge in [0.15, 0.2) is 0 Å². The van der Waals surface area contributed by atoms with Crippen LogP contribution in [0.1, 0.15) is 32.1 Å². The summed E-state index contributed by atoms with van der Waals surface area (Å²) >= 11 is 0. The molecule has 2 aliphatic rings. The number of likely N-dealkylation sites (N-methyl/N-ethyl adjacent to an activating group) is 1. The molecular formula is C14H27N3O2. The summed E-state index contributed by atoms with van der Waals surface area (Å²) in [5, 5.41) is 13.7. The number of nitrogens with zero attached hydrogens (tertiary/aromatic N) is 2. The van der Waals surface area contributed by atoms with E-state index in [1.165, 1.54) is 0 Å². The van der Waals surface area contributed by atoms with Gasteiger partial charge >= 0.3 is 0 Å². The molecule has 2 N–H and O–H groups in total. The normalized spacial score (nSPS) is 24.1. The third-order valence-corrected chi connectivity index (χ3v) is 4.28. The van der Waals surface area contributed by atoms with Gasteiger partial charge in [-0.1, -0.05) is 12.8 Å². The number of carbonyl (C=O) groups excluding carboxylic acids is 1. The van der Waals surface area contributed by atoms with Crippen LogP contribution in [0.4, 0.5) is 0 Å². The molecule has 0 aromatic carbocycles. The Morgan fingerprint density at radius 3 is 2.74 bits per heavy atom. The highest BCUT2D eigenvalue weighted by Gasteiger charge is 2.33. The molecule has 19 heavy (non-hydrogen) atoms. The number of aliphatic hydroxyl groups is 1. The van der Waals surface area contributed by atoms with Gasteiger partial charge in [0.05, 0.1) is 12.1 Å². The van der Waals surface area contributed by atoms with Gasteiger partial charge in [0.2, 0.25) is 5.91 Å². The highest BCUT2D eigenvalue weighted by atomic mass is 16.3. The third-order valence-electron chi connectivity index (χ3n) is 4.28. The van der Waals surface area contributed by atoms with Crippen molar-refractivity contribution < 1.29 is 9.90 Å². The number of carbonyl (C=O) groups is 1. The summed E-state index contributed by atoms with van der Waals surface area (Å²) in [4.78, 5) is 16.1. The van der Waals surface area contributed by atoms with E-state index in [2.05, 4.69) is 10.2 Å². The molecule has 2 fully saturated rings. The van der Waals surface area contributed by atoms with Crippen LogP contribution in [0.25, 0.3) is 0 Å². The molecule has 0 aromatic heterocycles. The lowest BCUT2D eigenvalue weighted by Crippen LogP contribution is -2.46. The maximum absolute atomic E-state index is 12.2. The van der Waals surface area contributed by atoms with E-state index in [0.29, 0.717) is 13.1 Å². The van der Waals surface area contributed by atoms with Gasteiger partial charge in [-0.05, 0) is 32.4 Å². The van der Waals surface area contributed by atoms with Crippen LogP contribution >= 0.6 is 0 Å². The minimum Gasteiger partial charge on any atom is -0.388 e. The Labute approximate surface area is 115 Å². The predicted molar refractivity (Wildman–Crippen MR) is 75.0 cm³/mol. The summed E-state index contributed by atoms with van der Waals surface area (Å²) in [6.07, 6.45) is 4.92. The molecule has 110 valence electrons. The molecule has 1 aliphatic heterocycles. The molecular weight excluding hydrogens is 242 g/mol. The highest BCUT2D eigenvalue weighted by molar-refractivity contribution is 5.78. The molecule has 0 bridgehead atoms. The van der Waals surface area contributed by atoms with E-state index in [9.17, 15) is 9.90 Å². The van der Waals surface area contributed by atoms with Crippen LogP contribution in [0.3, 0.4) is 0 Å². The van der Waals surface area contributed by atoms with Crippen molar-refractivity contribution in [2.24, 2.45) is 0 Å². The van der Waals surface area contributed by atoms with Crippen LogP contribution in [0.15, 0.2) is 0 Å². The van der Waals surface area contributed by atoms with Gasteiger partial charge in [0.1, 0.15) is 0 Å². The van der Waals surface area contributed by atoms with E-state index < -0.39 is 5.60 Å². The summed E-state index contributed by atoms with van der Waals surface area (Å²) < 4.78 is 0. The van der Waals surface area contributed by atoms with E-state index >= 15 is 0 Å². The fourth-order valence-corrected chi connectivity index (χ4v) is 3.09. The molecule has 0 aromatic rings. The average molecular weight is 269 g/mol. The second-order valence-corrected chi connectivity index (χ2v) is 6.06. The second kappa shape index (κ2) is 6.68. The maximum atomic E-state index is 12.2. The van der Waals surface area contributed by atoms with Gasteiger partial charge in [0.25, 0.3) is 0 Å². The van der Waals surface area contributed by atoms with Crippen LogP contribution in [-0.4, -0.2) is 72.7 Å². The summed E-state index contributed by atoms with van der Waals surface area (Å²) in [6.45, 7) is 4.88. The van der Waals surface area contributed by atoms with Gasteiger partial charge in [-0.15, -0.1) is 0 Å². The van der Waals surface area contributed by atoms with E-state index in [0.717, 1.165) is 58.3 Å². The fraction of sp³-hybridized carbons (Fsp3) is 0.929. The lowest BCUT2D eigenvalue weighted by molar-refractivity contribution is -0.134. The molecule has 0 unspecified atom stereocenters. The Bertz CT molecular complexity index is 295. The van der Waals surface area contributed by atoms with Crippen molar-refractivity contribution in [3.05, 3.63) is 0 Å². The number of rotatable bonds is 4. The Balaban J connectivity index is 1.78. The molecule has 1 saturated carbocycles. The predicted octanol–water partition coefficient (Wildman–Crippen LogP) is 0.0452. The molecule has 0 atom stereocenters. The molecule has 2 rings (SSSR count). The van der Waals surface area contributed by atoms with Gasteiger partial charge in [-0.3, -0.25) is 9.69 Å². The topological polar surface area (TPSA) is 55.8 Å². The van der Waals surface area contributed by atoms with Crippen LogP contribution in [0.5, 0.6) is 0 Å². The summed E-state index contributed by atoms with van der Waals surface area (Å²) in [6, 6.07) is 0. The van der Waals surface area contributed by atoms with Gasteiger partial charge < -0.3 is 15.3 Å². The monoisotopic (exact) mass is 269 g/mol. The molecule has 1 heterocycles. The van der Waals surface area contributed by atoms with E-state index in [-0.39, 0.29) is 5.91 Å². The second-order valence-electron chi connectivity index (χ2n) is 6.06. The van der Waals surface area contributed by atoms with E-state index in [1.54, 1.807) is 4.90 Å². The van der Waals surface area contributed by atoms with Gasteiger partial charge in [-0.25, -0.2) is 0 Å². The number of nitrogens with one attached hydrogen (secondary N) is 1. The molecule has 1 amide bonds. The third kappa shape index (κ3) is 4.44. The van der Waals surface area contributed by atoms with E-state index in [1.807, 2.05) is 7.05 Å². The number of hydrogen-bond donors (Lipinski definition) is 2. The minimum atomic E-state index is -0.634. The first-order valence-corrected chi connectivity index (χ1v) is 7.48. The summed E-state index contributed by atoms with van der Waals surface area (Å²) in [5.74, 6) is 0.127. The first-order valence-electron chi connectivity index (χ1n) is 7.48. The van der Waals surface area contributed by atoms with Crippen molar-refractivity contribution in [3.63, 3.8) is 0 Å². The van der Waals surface area contributed by atoms with Crippen molar-refractivity contribution >= 4 is 5.91 Å². The Morgan fingerprint density at radius 2 is 2.00 bits per heavy atom. The first-order chi connectivity index (χ1) is 9.09. The lowest BCUT2D eigenvalue weighted by Gasteiger charge is -2.30. The fourth-order valence-electron chi connectivity index (χ4n) is 3.09. The lowest BCUT2D eigenvalue weighted by atomic mass is 10.0. The Morgan fingerprint density at radius 1 is 1.26 bits per heavy atom. The Kier molecular flexibility index (Phi) is 5.19. The smallest absolute Gasteiger partial charge is 0.236 e. The van der Waals surface area contributed by atoms with Crippen LogP contribution in [0.2, 0.25) is 0 Å². The van der Waals surface area contributed by atoms with Crippen molar-refractivity contribution in [1.82, 2.24) is 15.1 Å². The van der Waals surface area contributed by atoms with Gasteiger partial charge in [0, 0.05) is 26.7 Å². The zero-order chi connectivity index (χ0) is 13.7. The number of hydrogen-bond acceptors (Lipinski definition) is 4. The molecule has 1 aliphatic carbocycles. The van der Waals surface area contributed by atoms with Crippen molar-refractivity contribution in [2.75, 3.05) is 46.3 Å². The zero-order valence-electron chi connectivity index (χ0n) is 12.0. The molecule has 1 saturated heterocycles. The SMILES string of the molecule is CN(CC1(O)CCCC1)C(=O)CN1CCCNCC1.